The smallest absolute Gasteiger partial charge is 0.264 e. The van der Waals surface area contributed by atoms with Gasteiger partial charge in [-0.2, -0.15) is 0 Å². The summed E-state index contributed by atoms with van der Waals surface area (Å²) < 4.78 is 1.12. The highest BCUT2D eigenvalue weighted by atomic mass is 32.1. The Bertz CT molecular complexity index is 695. The van der Waals surface area contributed by atoms with Crippen molar-refractivity contribution < 1.29 is 4.79 Å². The summed E-state index contributed by atoms with van der Waals surface area (Å²) in [5, 5.41) is 4.67. The molecule has 24 heavy (non-hydrogen) atoms. The zero-order valence-electron chi connectivity index (χ0n) is 14.2. The molecule has 1 aliphatic carbocycles. The van der Waals surface area contributed by atoms with Crippen LogP contribution in [0.3, 0.4) is 0 Å². The zero-order chi connectivity index (χ0) is 16.7. The molecule has 0 radical (unpaired) electrons. The minimum absolute atomic E-state index is 0.178. The van der Waals surface area contributed by atoms with Gasteiger partial charge in [0.25, 0.3) is 5.91 Å². The number of nitrogens with one attached hydrogen (secondary N) is 1. The third kappa shape index (κ3) is 3.43. The van der Waals surface area contributed by atoms with Crippen LogP contribution in [0.25, 0.3) is 9.53 Å². The Morgan fingerprint density at radius 3 is 2.67 bits per heavy atom. The molecule has 2 aromatic rings. The lowest BCUT2D eigenvalue weighted by atomic mass is 10.0. The van der Waals surface area contributed by atoms with Crippen LogP contribution in [0, 0.1) is 5.92 Å². The molecule has 130 valence electrons. The van der Waals surface area contributed by atoms with E-state index in [1.807, 2.05) is 30.0 Å². The van der Waals surface area contributed by atoms with Gasteiger partial charge in [0, 0.05) is 33.2 Å². The average Bonchev–Trinajstić information content (AvgIpc) is 3.18. The number of hydrogen-bond acceptors (Lipinski definition) is 6. The van der Waals surface area contributed by atoms with Gasteiger partial charge in [-0.1, -0.05) is 11.3 Å². The molecule has 1 aliphatic heterocycles. The number of likely N-dealkylation sites (tertiary alicyclic amines) is 1. The summed E-state index contributed by atoms with van der Waals surface area (Å²) in [6.07, 6.45) is 4.93. The van der Waals surface area contributed by atoms with Gasteiger partial charge in [0.2, 0.25) is 0 Å². The molecule has 0 unspecified atom stereocenters. The van der Waals surface area contributed by atoms with Crippen LogP contribution < -0.4 is 10.2 Å². The maximum Gasteiger partial charge on any atom is 0.264 e. The maximum absolute atomic E-state index is 12.8. The van der Waals surface area contributed by atoms with Crippen LogP contribution in [0.5, 0.6) is 0 Å². The van der Waals surface area contributed by atoms with Gasteiger partial charge in [-0.05, 0) is 44.2 Å². The third-order valence-electron chi connectivity index (χ3n) is 4.85. The van der Waals surface area contributed by atoms with Gasteiger partial charge in [-0.15, -0.1) is 11.3 Å². The molecule has 4 rings (SSSR count). The molecular formula is C17H24N4OS2. The molecule has 2 aliphatic rings. The molecule has 2 fully saturated rings. The third-order valence-corrected chi connectivity index (χ3v) is 7.16. The highest BCUT2D eigenvalue weighted by Crippen LogP contribution is 2.34. The van der Waals surface area contributed by atoms with Crippen LogP contribution in [-0.4, -0.2) is 55.6 Å². The molecular weight excluding hydrogens is 340 g/mol. The van der Waals surface area contributed by atoms with Crippen molar-refractivity contribution >= 4 is 43.2 Å². The molecule has 0 bridgehead atoms. The molecule has 1 saturated carbocycles. The Hall–Kier alpha value is -1.18. The number of fused-ring (bicyclic) bond motifs is 1. The Morgan fingerprint density at radius 2 is 2.04 bits per heavy atom. The Labute approximate surface area is 150 Å². The Balaban J connectivity index is 1.36. The van der Waals surface area contributed by atoms with E-state index >= 15 is 0 Å². The van der Waals surface area contributed by atoms with E-state index in [1.54, 1.807) is 11.3 Å². The summed E-state index contributed by atoms with van der Waals surface area (Å²) >= 11 is 3.18. The molecule has 0 spiro atoms. The van der Waals surface area contributed by atoms with E-state index in [0.29, 0.717) is 6.04 Å². The summed E-state index contributed by atoms with van der Waals surface area (Å²) in [7, 11) is 3.99. The molecule has 1 amide bonds. The lowest BCUT2D eigenvalue weighted by molar-refractivity contribution is 0.0710. The number of thiazole rings is 1. The van der Waals surface area contributed by atoms with Crippen LogP contribution in [0.4, 0.5) is 5.13 Å². The number of carbonyl (C=O) groups is 1. The first-order valence-corrected chi connectivity index (χ1v) is 10.3. The van der Waals surface area contributed by atoms with Gasteiger partial charge in [0.05, 0.1) is 9.58 Å². The van der Waals surface area contributed by atoms with Gasteiger partial charge < -0.3 is 15.1 Å². The Morgan fingerprint density at radius 1 is 1.29 bits per heavy atom. The number of amides is 1. The normalized spacial score (nSPS) is 19.2. The largest absolute Gasteiger partial charge is 0.354 e. The number of aromatic nitrogens is 1. The first-order valence-electron chi connectivity index (χ1n) is 8.70. The molecule has 0 aromatic carbocycles. The van der Waals surface area contributed by atoms with Gasteiger partial charge in [0.1, 0.15) is 4.83 Å². The monoisotopic (exact) mass is 364 g/mol. The molecule has 1 N–H and O–H groups in total. The minimum Gasteiger partial charge on any atom is -0.354 e. The van der Waals surface area contributed by atoms with Crippen molar-refractivity contribution in [3.63, 3.8) is 0 Å². The lowest BCUT2D eigenvalue weighted by Gasteiger charge is -2.32. The van der Waals surface area contributed by atoms with Gasteiger partial charge in [-0.25, -0.2) is 4.98 Å². The van der Waals surface area contributed by atoms with Gasteiger partial charge in [-0.3, -0.25) is 4.79 Å². The molecule has 3 heterocycles. The molecule has 0 atom stereocenters. The van der Waals surface area contributed by atoms with E-state index < -0.39 is 0 Å². The first kappa shape index (κ1) is 16.3. The van der Waals surface area contributed by atoms with Crippen LogP contribution >= 0.6 is 22.7 Å². The van der Waals surface area contributed by atoms with Crippen LogP contribution in [0.1, 0.15) is 35.4 Å². The second-order valence-corrected chi connectivity index (χ2v) is 9.13. The fraction of sp³-hybridized carbons (Fsp3) is 0.647. The average molecular weight is 365 g/mol. The second kappa shape index (κ2) is 6.61. The number of piperidine rings is 1. The topological polar surface area (TPSA) is 48.5 Å². The zero-order valence-corrected chi connectivity index (χ0v) is 15.9. The molecule has 5 nitrogen and oxygen atoms in total. The highest BCUT2D eigenvalue weighted by molar-refractivity contribution is 7.29. The Kier molecular flexibility index (Phi) is 4.49. The number of nitrogens with zero attached hydrogens (tertiary/aromatic N) is 3. The van der Waals surface area contributed by atoms with Gasteiger partial charge in [0.15, 0.2) is 5.13 Å². The van der Waals surface area contributed by atoms with E-state index in [-0.39, 0.29) is 5.91 Å². The number of hydrogen-bond donors (Lipinski definition) is 1. The minimum atomic E-state index is 0.178. The number of rotatable bonds is 5. The lowest BCUT2D eigenvalue weighted by Crippen LogP contribution is -2.45. The summed E-state index contributed by atoms with van der Waals surface area (Å²) in [4.78, 5) is 23.2. The number of thiophene rings is 1. The summed E-state index contributed by atoms with van der Waals surface area (Å²) in [6, 6.07) is 2.61. The van der Waals surface area contributed by atoms with E-state index in [2.05, 4.69) is 10.3 Å². The predicted octanol–water partition coefficient (Wildman–Crippen LogP) is 3.03. The summed E-state index contributed by atoms with van der Waals surface area (Å²) in [5.41, 5.74) is 0. The summed E-state index contributed by atoms with van der Waals surface area (Å²) in [5.74, 6) is 1.10. The van der Waals surface area contributed by atoms with E-state index in [9.17, 15) is 4.79 Å². The number of carbonyl (C=O) groups excluding carboxylic acids is 1. The van der Waals surface area contributed by atoms with Crippen molar-refractivity contribution in [3.05, 3.63) is 10.9 Å². The SMILES string of the molecule is CN(C)c1nc2sc(C(=O)N3CCC(NCC4CC4)CC3)cc2s1. The van der Waals surface area contributed by atoms with Crippen LogP contribution in [0.2, 0.25) is 0 Å². The highest BCUT2D eigenvalue weighted by Gasteiger charge is 2.27. The van der Waals surface area contributed by atoms with E-state index in [4.69, 9.17) is 0 Å². The number of anilines is 1. The van der Waals surface area contributed by atoms with Crippen LogP contribution in [-0.2, 0) is 0 Å². The van der Waals surface area contributed by atoms with Crippen molar-refractivity contribution in [1.29, 1.82) is 0 Å². The van der Waals surface area contributed by atoms with Crippen molar-refractivity contribution in [2.24, 2.45) is 5.92 Å². The molecule has 7 heteroatoms. The van der Waals surface area contributed by atoms with Crippen molar-refractivity contribution in [3.8, 4) is 0 Å². The summed E-state index contributed by atoms with van der Waals surface area (Å²) in [6.45, 7) is 2.89. The van der Waals surface area contributed by atoms with E-state index in [0.717, 1.165) is 51.4 Å². The van der Waals surface area contributed by atoms with E-state index in [1.165, 1.54) is 30.7 Å². The van der Waals surface area contributed by atoms with Crippen molar-refractivity contribution in [2.75, 3.05) is 38.6 Å². The first-order chi connectivity index (χ1) is 11.6. The standard InChI is InChI=1S/C17H24N4OS2/c1-20(2)17-19-15-13(24-17)9-14(23-15)16(22)21-7-5-12(6-8-21)18-10-11-3-4-11/h9,11-12,18H,3-8,10H2,1-2H3. The molecule has 1 saturated heterocycles. The van der Waals surface area contributed by atoms with Crippen LogP contribution in [0.15, 0.2) is 6.07 Å². The molecule has 2 aromatic heterocycles. The maximum atomic E-state index is 12.8. The fourth-order valence-corrected chi connectivity index (χ4v) is 5.22. The fourth-order valence-electron chi connectivity index (χ4n) is 3.12. The van der Waals surface area contributed by atoms with Gasteiger partial charge >= 0.3 is 0 Å². The second-order valence-electron chi connectivity index (χ2n) is 7.09. The quantitative estimate of drug-likeness (QED) is 0.886. The predicted molar refractivity (Wildman–Crippen MR) is 101 cm³/mol. The van der Waals surface area contributed by atoms with Crippen molar-refractivity contribution in [1.82, 2.24) is 15.2 Å². The van der Waals surface area contributed by atoms with Crippen molar-refractivity contribution in [2.45, 2.75) is 31.7 Å².